The van der Waals surface area contributed by atoms with E-state index in [-0.39, 0.29) is 5.97 Å². The van der Waals surface area contributed by atoms with Crippen molar-refractivity contribution in [1.82, 2.24) is 4.90 Å². The Kier molecular flexibility index (Phi) is 5.63. The van der Waals surface area contributed by atoms with Gasteiger partial charge in [-0.05, 0) is 30.7 Å². The molecule has 1 aromatic rings. The fraction of sp³-hybridized carbons (Fsp3) is 0.438. The van der Waals surface area contributed by atoms with Crippen molar-refractivity contribution in [3.63, 3.8) is 0 Å². The fourth-order valence-electron chi connectivity index (χ4n) is 2.24. The quantitative estimate of drug-likeness (QED) is 0.749. The molecular weight excluding hydrogens is 270 g/mol. The molecule has 0 radical (unpaired) electrons. The Hall–Kier alpha value is -2.01. The largest absolute Gasteiger partial charge is 0.497 e. The molecule has 0 spiro atoms. The molecule has 0 unspecified atom stereocenters. The van der Waals surface area contributed by atoms with Crippen molar-refractivity contribution >= 4 is 5.97 Å². The highest BCUT2D eigenvalue weighted by molar-refractivity contribution is 5.88. The Morgan fingerprint density at radius 1 is 1.19 bits per heavy atom. The van der Waals surface area contributed by atoms with Crippen LogP contribution in [0.15, 0.2) is 35.9 Å². The van der Waals surface area contributed by atoms with E-state index in [1.165, 1.54) is 7.11 Å². The van der Waals surface area contributed by atoms with E-state index in [1.807, 2.05) is 30.3 Å². The molecule has 0 aliphatic carbocycles. The number of esters is 1. The van der Waals surface area contributed by atoms with Crippen LogP contribution in [0.2, 0.25) is 0 Å². The summed E-state index contributed by atoms with van der Waals surface area (Å²) in [6, 6.07) is 7.51. The molecule has 1 heterocycles. The minimum atomic E-state index is -0.240. The van der Waals surface area contributed by atoms with Crippen LogP contribution in [0, 0.1) is 0 Å². The first-order valence-corrected chi connectivity index (χ1v) is 6.99. The predicted molar refractivity (Wildman–Crippen MR) is 79.6 cm³/mol. The third-order valence-corrected chi connectivity index (χ3v) is 3.41. The summed E-state index contributed by atoms with van der Waals surface area (Å²) in [5.41, 5.74) is 0.730. The van der Waals surface area contributed by atoms with E-state index >= 15 is 0 Å². The Morgan fingerprint density at radius 3 is 2.57 bits per heavy atom. The molecule has 0 saturated heterocycles. The van der Waals surface area contributed by atoms with E-state index in [0.29, 0.717) is 13.2 Å². The Bertz CT molecular complexity index is 496. The number of carbonyl (C=O) groups excluding carboxylic acids is 1. The molecule has 1 aliphatic rings. The number of hydrogen-bond donors (Lipinski definition) is 0. The molecule has 0 aromatic heterocycles. The molecule has 0 saturated carbocycles. The van der Waals surface area contributed by atoms with E-state index in [9.17, 15) is 4.79 Å². The molecule has 0 atom stereocenters. The van der Waals surface area contributed by atoms with Gasteiger partial charge in [0.05, 0.1) is 14.2 Å². The zero-order valence-electron chi connectivity index (χ0n) is 12.5. The van der Waals surface area contributed by atoms with Gasteiger partial charge >= 0.3 is 5.97 Å². The minimum Gasteiger partial charge on any atom is -0.497 e. The molecule has 1 aromatic carbocycles. The minimum absolute atomic E-state index is 0.240. The van der Waals surface area contributed by atoms with E-state index in [2.05, 4.69) is 4.90 Å². The number of rotatable bonds is 6. The summed E-state index contributed by atoms with van der Waals surface area (Å²) in [6.07, 6.45) is 2.82. The summed E-state index contributed by atoms with van der Waals surface area (Å²) in [7, 11) is 3.05. The summed E-state index contributed by atoms with van der Waals surface area (Å²) in [6.45, 7) is 2.92. The molecule has 21 heavy (non-hydrogen) atoms. The standard InChI is InChI=1S/C16H21NO4/c1-19-14-5-7-15(8-6-14)21-11-10-17-9-3-4-13(12-17)16(18)20-2/h4-8H,3,9-12H2,1-2H3. The number of benzene rings is 1. The monoisotopic (exact) mass is 291 g/mol. The highest BCUT2D eigenvalue weighted by atomic mass is 16.5. The van der Waals surface area contributed by atoms with Crippen LogP contribution < -0.4 is 9.47 Å². The Morgan fingerprint density at radius 2 is 1.90 bits per heavy atom. The van der Waals surface area contributed by atoms with Crippen LogP contribution in [0.3, 0.4) is 0 Å². The van der Waals surface area contributed by atoms with Gasteiger partial charge in [-0.2, -0.15) is 0 Å². The van der Waals surface area contributed by atoms with Gasteiger partial charge in [0.15, 0.2) is 0 Å². The number of ether oxygens (including phenoxy) is 3. The smallest absolute Gasteiger partial charge is 0.334 e. The summed E-state index contributed by atoms with van der Waals surface area (Å²) in [5.74, 6) is 1.39. The highest BCUT2D eigenvalue weighted by Crippen LogP contribution is 2.17. The third-order valence-electron chi connectivity index (χ3n) is 3.41. The van der Waals surface area contributed by atoms with Crippen molar-refractivity contribution in [2.75, 3.05) is 40.5 Å². The maximum Gasteiger partial charge on any atom is 0.334 e. The summed E-state index contributed by atoms with van der Waals surface area (Å²) < 4.78 is 15.6. The van der Waals surface area contributed by atoms with Crippen LogP contribution in [0.4, 0.5) is 0 Å². The molecule has 0 amide bonds. The van der Waals surface area contributed by atoms with Crippen LogP contribution in [-0.2, 0) is 9.53 Å². The number of carbonyl (C=O) groups is 1. The van der Waals surface area contributed by atoms with Gasteiger partial charge in [0.25, 0.3) is 0 Å². The van der Waals surface area contributed by atoms with Gasteiger partial charge in [-0.1, -0.05) is 6.08 Å². The first kappa shape index (κ1) is 15.4. The van der Waals surface area contributed by atoms with Crippen LogP contribution in [0.1, 0.15) is 6.42 Å². The molecule has 0 fully saturated rings. The van der Waals surface area contributed by atoms with Crippen LogP contribution in [0.5, 0.6) is 11.5 Å². The lowest BCUT2D eigenvalue weighted by Crippen LogP contribution is -2.35. The predicted octanol–water partition coefficient (Wildman–Crippen LogP) is 1.88. The van der Waals surface area contributed by atoms with Gasteiger partial charge < -0.3 is 14.2 Å². The Labute approximate surface area is 125 Å². The first-order valence-electron chi connectivity index (χ1n) is 6.99. The van der Waals surface area contributed by atoms with Gasteiger partial charge in [0, 0.05) is 25.2 Å². The number of nitrogens with zero attached hydrogens (tertiary/aromatic N) is 1. The van der Waals surface area contributed by atoms with Gasteiger partial charge in [0.2, 0.25) is 0 Å². The fourth-order valence-corrected chi connectivity index (χ4v) is 2.24. The summed E-state index contributed by atoms with van der Waals surface area (Å²) in [4.78, 5) is 13.7. The van der Waals surface area contributed by atoms with Crippen molar-refractivity contribution in [1.29, 1.82) is 0 Å². The zero-order chi connectivity index (χ0) is 15.1. The lowest BCUT2D eigenvalue weighted by Gasteiger charge is -2.26. The zero-order valence-corrected chi connectivity index (χ0v) is 12.5. The van der Waals surface area contributed by atoms with Crippen LogP contribution in [-0.4, -0.2) is 51.3 Å². The molecule has 1 aliphatic heterocycles. The average Bonchev–Trinajstić information content (AvgIpc) is 2.55. The second-order valence-corrected chi connectivity index (χ2v) is 4.81. The highest BCUT2D eigenvalue weighted by Gasteiger charge is 2.18. The van der Waals surface area contributed by atoms with Crippen molar-refractivity contribution in [2.24, 2.45) is 0 Å². The van der Waals surface area contributed by atoms with Gasteiger partial charge in [-0.15, -0.1) is 0 Å². The van der Waals surface area contributed by atoms with Gasteiger partial charge in [-0.3, -0.25) is 4.90 Å². The van der Waals surface area contributed by atoms with E-state index in [1.54, 1.807) is 7.11 Å². The maximum atomic E-state index is 11.5. The number of hydrogen-bond acceptors (Lipinski definition) is 5. The second-order valence-electron chi connectivity index (χ2n) is 4.81. The summed E-state index contributed by atoms with van der Waals surface area (Å²) >= 11 is 0. The van der Waals surface area contributed by atoms with Crippen molar-refractivity contribution in [2.45, 2.75) is 6.42 Å². The normalized spacial score (nSPS) is 15.2. The Balaban J connectivity index is 1.76. The summed E-state index contributed by atoms with van der Waals surface area (Å²) in [5, 5.41) is 0. The van der Waals surface area contributed by atoms with Crippen molar-refractivity contribution < 1.29 is 19.0 Å². The van der Waals surface area contributed by atoms with E-state index < -0.39 is 0 Å². The second kappa shape index (κ2) is 7.69. The third kappa shape index (κ3) is 4.49. The van der Waals surface area contributed by atoms with Gasteiger partial charge in [0.1, 0.15) is 18.1 Å². The van der Waals surface area contributed by atoms with Crippen LogP contribution >= 0.6 is 0 Å². The molecule has 2 rings (SSSR count). The van der Waals surface area contributed by atoms with Gasteiger partial charge in [-0.25, -0.2) is 4.79 Å². The molecule has 5 heteroatoms. The molecule has 0 N–H and O–H groups in total. The van der Waals surface area contributed by atoms with Crippen LogP contribution in [0.25, 0.3) is 0 Å². The average molecular weight is 291 g/mol. The lowest BCUT2D eigenvalue weighted by molar-refractivity contribution is -0.136. The molecular formula is C16H21NO4. The SMILES string of the molecule is COC(=O)C1=CCCN(CCOc2ccc(OC)cc2)C1. The molecule has 0 bridgehead atoms. The van der Waals surface area contributed by atoms with E-state index in [0.717, 1.165) is 36.6 Å². The maximum absolute atomic E-state index is 11.5. The first-order chi connectivity index (χ1) is 10.2. The topological polar surface area (TPSA) is 48.0 Å². The number of methoxy groups -OCH3 is 2. The van der Waals surface area contributed by atoms with E-state index in [4.69, 9.17) is 14.2 Å². The molecule has 5 nitrogen and oxygen atoms in total. The lowest BCUT2D eigenvalue weighted by atomic mass is 10.1. The van der Waals surface area contributed by atoms with Crippen molar-refractivity contribution in [3.05, 3.63) is 35.9 Å². The van der Waals surface area contributed by atoms with Crippen molar-refractivity contribution in [3.8, 4) is 11.5 Å². The molecule has 114 valence electrons.